The summed E-state index contributed by atoms with van der Waals surface area (Å²) >= 11 is 0. The number of aryl methyl sites for hydroxylation is 2. The number of halogens is 6. The largest absolute Gasteiger partial charge is 0.420 e. The molecular formula is C41H25F6N3. The molecule has 3 nitrogen and oxygen atoms in total. The molecule has 0 aliphatic heterocycles. The quantitative estimate of drug-likeness (QED) is 0.131. The molecule has 8 rings (SSSR count). The fourth-order valence-electron chi connectivity index (χ4n) is 7.50. The van der Waals surface area contributed by atoms with Gasteiger partial charge in [0, 0.05) is 27.1 Å². The van der Waals surface area contributed by atoms with Crippen LogP contribution in [0.4, 0.5) is 32.0 Å². The topological polar surface area (TPSA) is 14.2 Å². The molecule has 0 N–H and O–H groups in total. The highest BCUT2D eigenvalue weighted by Gasteiger charge is 2.42. The zero-order valence-electron chi connectivity index (χ0n) is 26.6. The highest BCUT2D eigenvalue weighted by Crippen LogP contribution is 2.51. The molecule has 0 atom stereocenters. The molecule has 0 saturated carbocycles. The van der Waals surface area contributed by atoms with Crippen LogP contribution in [-0.4, -0.2) is 9.13 Å². The molecule has 0 spiro atoms. The minimum atomic E-state index is -5.08. The highest BCUT2D eigenvalue weighted by molar-refractivity contribution is 6.12. The lowest BCUT2D eigenvalue weighted by molar-refractivity contribution is -0.137. The van der Waals surface area contributed by atoms with Gasteiger partial charge < -0.3 is 9.13 Å². The first kappa shape index (κ1) is 31.3. The van der Waals surface area contributed by atoms with Gasteiger partial charge in [-0.25, -0.2) is 4.85 Å². The van der Waals surface area contributed by atoms with E-state index in [9.17, 15) is 13.2 Å². The van der Waals surface area contributed by atoms with Gasteiger partial charge in [-0.15, -0.1) is 0 Å². The van der Waals surface area contributed by atoms with E-state index in [2.05, 4.69) is 4.85 Å². The van der Waals surface area contributed by atoms with Gasteiger partial charge in [-0.1, -0.05) is 97.1 Å². The Kier molecular flexibility index (Phi) is 6.88. The summed E-state index contributed by atoms with van der Waals surface area (Å²) in [4.78, 5) is 3.40. The van der Waals surface area contributed by atoms with Crippen molar-refractivity contribution < 1.29 is 26.3 Å². The Labute approximate surface area is 282 Å². The van der Waals surface area contributed by atoms with E-state index in [1.54, 1.807) is 66.1 Å². The summed E-state index contributed by atoms with van der Waals surface area (Å²) in [6.45, 7) is 11.4. The van der Waals surface area contributed by atoms with E-state index < -0.39 is 40.4 Å². The number of hydrogen-bond donors (Lipinski definition) is 0. The Balaban J connectivity index is 1.68. The van der Waals surface area contributed by atoms with Crippen LogP contribution < -0.4 is 0 Å². The molecule has 2 heterocycles. The SMILES string of the molecule is [C-]#[N+]c1cccc(C(F)(F)F)c1-c1ccc(-n2c3ccccc3c3cccc(C)c32)c(C(F)(F)F)c1-n1c2ccccc2c2cccc(C)c21. The van der Waals surface area contributed by atoms with Crippen molar-refractivity contribution in [3.63, 3.8) is 0 Å². The Hall–Kier alpha value is -6.01. The molecule has 0 bridgehead atoms. The van der Waals surface area contributed by atoms with Crippen molar-refractivity contribution in [2.24, 2.45) is 0 Å². The predicted octanol–water partition coefficient (Wildman–Crippen LogP) is 12.8. The van der Waals surface area contributed by atoms with Gasteiger partial charge in [-0.05, 0) is 48.7 Å². The maximum Gasteiger partial charge on any atom is 0.420 e. The van der Waals surface area contributed by atoms with Gasteiger partial charge in [0.05, 0.1) is 45.6 Å². The van der Waals surface area contributed by atoms with Crippen molar-refractivity contribution in [3.8, 4) is 22.5 Å². The van der Waals surface area contributed by atoms with Crippen LogP contribution in [0.25, 0.3) is 71.0 Å². The molecule has 6 aromatic carbocycles. The van der Waals surface area contributed by atoms with Crippen LogP contribution in [0.3, 0.4) is 0 Å². The molecule has 0 saturated heterocycles. The lowest BCUT2D eigenvalue weighted by Gasteiger charge is -2.26. The molecule has 9 heteroatoms. The summed E-state index contributed by atoms with van der Waals surface area (Å²) in [5, 5.41) is 2.75. The van der Waals surface area contributed by atoms with Gasteiger partial charge in [-0.2, -0.15) is 26.3 Å². The van der Waals surface area contributed by atoms with E-state index in [4.69, 9.17) is 6.57 Å². The zero-order valence-corrected chi connectivity index (χ0v) is 26.6. The predicted molar refractivity (Wildman–Crippen MR) is 186 cm³/mol. The first-order chi connectivity index (χ1) is 23.9. The maximum absolute atomic E-state index is 16.2. The Bertz CT molecular complexity index is 2720. The minimum Gasteiger partial charge on any atom is -0.308 e. The van der Waals surface area contributed by atoms with Crippen molar-refractivity contribution in [1.82, 2.24) is 9.13 Å². The normalized spacial score (nSPS) is 12.4. The summed E-state index contributed by atoms with van der Waals surface area (Å²) < 4.78 is 96.0. The second-order valence-corrected chi connectivity index (χ2v) is 12.3. The smallest absolute Gasteiger partial charge is 0.308 e. The van der Waals surface area contributed by atoms with Gasteiger partial charge in [-0.3, -0.25) is 0 Å². The van der Waals surface area contributed by atoms with E-state index in [1.807, 2.05) is 37.3 Å². The fourth-order valence-corrected chi connectivity index (χ4v) is 7.50. The van der Waals surface area contributed by atoms with E-state index in [0.29, 0.717) is 38.4 Å². The molecule has 0 amide bonds. The summed E-state index contributed by atoms with van der Waals surface area (Å²) in [7, 11) is 0. The van der Waals surface area contributed by atoms with Crippen molar-refractivity contribution in [3.05, 3.63) is 149 Å². The first-order valence-corrected chi connectivity index (χ1v) is 15.7. The number of aromatic nitrogens is 2. The van der Waals surface area contributed by atoms with E-state index in [-0.39, 0.29) is 11.3 Å². The monoisotopic (exact) mass is 673 g/mol. The molecule has 8 aromatic rings. The number of rotatable bonds is 3. The molecule has 0 fully saturated rings. The Morgan fingerprint density at radius 2 is 1.06 bits per heavy atom. The van der Waals surface area contributed by atoms with Crippen LogP contribution in [0.15, 0.2) is 115 Å². The number of nitrogens with zero attached hydrogens (tertiary/aromatic N) is 3. The second-order valence-electron chi connectivity index (χ2n) is 12.3. The van der Waals surface area contributed by atoms with Gasteiger partial charge >= 0.3 is 12.4 Å². The standard InChI is InChI=1S/C41H25F6N3/c1-23-11-8-15-27-25-13-4-6-19-32(25)49(37(23)27)34-22-21-29(35-30(40(42,43)44)17-10-18-31(35)48-3)39(36(34)41(45,46)47)50-33-20-7-5-14-26(33)28-16-9-12-24(2)38(28)50/h4-22H,1-2H3. The van der Waals surface area contributed by atoms with Gasteiger partial charge in [0.2, 0.25) is 0 Å². The molecule has 0 aliphatic carbocycles. The van der Waals surface area contributed by atoms with Crippen LogP contribution in [-0.2, 0) is 12.4 Å². The molecular weight excluding hydrogens is 648 g/mol. The number of benzene rings is 6. The Morgan fingerprint density at radius 1 is 0.540 bits per heavy atom. The molecule has 0 radical (unpaired) electrons. The van der Waals surface area contributed by atoms with Crippen LogP contribution >= 0.6 is 0 Å². The first-order valence-electron chi connectivity index (χ1n) is 15.7. The Morgan fingerprint density at radius 3 is 1.62 bits per heavy atom. The lowest BCUT2D eigenvalue weighted by Crippen LogP contribution is -2.18. The number of hydrogen-bond acceptors (Lipinski definition) is 0. The molecule has 246 valence electrons. The summed E-state index contributed by atoms with van der Waals surface area (Å²) in [6.07, 6.45) is -10.0. The third-order valence-electron chi connectivity index (χ3n) is 9.43. The summed E-state index contributed by atoms with van der Waals surface area (Å²) in [6, 6.07) is 30.6. The lowest BCUT2D eigenvalue weighted by atomic mass is 9.92. The third-order valence-corrected chi connectivity index (χ3v) is 9.43. The molecule has 0 aliphatic rings. The molecule has 50 heavy (non-hydrogen) atoms. The van der Waals surface area contributed by atoms with Gasteiger partial charge in [0.15, 0.2) is 5.69 Å². The maximum atomic E-state index is 16.2. The average molecular weight is 674 g/mol. The molecule has 0 unspecified atom stereocenters. The summed E-state index contributed by atoms with van der Waals surface area (Å²) in [5.41, 5.74) is -1.22. The summed E-state index contributed by atoms with van der Waals surface area (Å²) in [5.74, 6) is 0. The average Bonchev–Trinajstić information content (AvgIpc) is 3.61. The van der Waals surface area contributed by atoms with Crippen molar-refractivity contribution in [1.29, 1.82) is 0 Å². The van der Waals surface area contributed by atoms with Crippen LogP contribution in [0, 0.1) is 20.4 Å². The van der Waals surface area contributed by atoms with Crippen LogP contribution in [0.1, 0.15) is 22.3 Å². The van der Waals surface area contributed by atoms with Gasteiger partial charge in [0.1, 0.15) is 5.56 Å². The number of fused-ring (bicyclic) bond motifs is 6. The molecule has 2 aromatic heterocycles. The fraction of sp³-hybridized carbons (Fsp3) is 0.0976. The number of alkyl halides is 6. The van der Waals surface area contributed by atoms with Crippen LogP contribution in [0.2, 0.25) is 0 Å². The van der Waals surface area contributed by atoms with E-state index in [1.165, 1.54) is 22.8 Å². The van der Waals surface area contributed by atoms with Gasteiger partial charge in [0.25, 0.3) is 0 Å². The van der Waals surface area contributed by atoms with Crippen molar-refractivity contribution >= 4 is 49.3 Å². The minimum absolute atomic E-state index is 0.245. The highest BCUT2D eigenvalue weighted by atomic mass is 19.4. The van der Waals surface area contributed by atoms with Crippen molar-refractivity contribution in [2.45, 2.75) is 26.2 Å². The zero-order chi connectivity index (χ0) is 35.1. The van der Waals surface area contributed by atoms with E-state index in [0.717, 1.165) is 28.5 Å². The van der Waals surface area contributed by atoms with E-state index >= 15 is 13.2 Å². The number of para-hydroxylation sites is 4. The third kappa shape index (κ3) is 4.52. The van der Waals surface area contributed by atoms with Crippen molar-refractivity contribution in [2.75, 3.05) is 0 Å². The van der Waals surface area contributed by atoms with Crippen LogP contribution in [0.5, 0.6) is 0 Å². The second kappa shape index (κ2) is 11.0.